The van der Waals surface area contributed by atoms with E-state index in [4.69, 9.17) is 10.5 Å². The molecule has 4 N–H and O–H groups in total. The molecule has 0 bridgehead atoms. The molecule has 96 valence electrons. The molecule has 6 nitrogen and oxygen atoms in total. The number of methoxy groups -OCH3 is 1. The number of anilines is 2. The number of ether oxygens (including phenoxy) is 1. The predicted molar refractivity (Wildman–Crippen MR) is 66.5 cm³/mol. The Labute approximate surface area is 101 Å². The Kier molecular flexibility index (Phi) is 5.11. The van der Waals surface area contributed by atoms with E-state index in [2.05, 4.69) is 15.3 Å². The van der Waals surface area contributed by atoms with Gasteiger partial charge in [-0.2, -0.15) is 0 Å². The van der Waals surface area contributed by atoms with Crippen molar-refractivity contribution >= 4 is 11.6 Å². The molecule has 1 unspecified atom stereocenters. The summed E-state index contributed by atoms with van der Waals surface area (Å²) in [6.07, 6.45) is -0.419. The SMILES string of the molecule is COCc1nc(N)cc(NCC(O)C(C)C)n1. The highest BCUT2D eigenvalue weighted by atomic mass is 16.5. The first-order valence-electron chi connectivity index (χ1n) is 5.57. The zero-order valence-corrected chi connectivity index (χ0v) is 10.5. The van der Waals surface area contributed by atoms with Crippen LogP contribution < -0.4 is 11.1 Å². The van der Waals surface area contributed by atoms with Crippen molar-refractivity contribution in [3.63, 3.8) is 0 Å². The van der Waals surface area contributed by atoms with Gasteiger partial charge >= 0.3 is 0 Å². The summed E-state index contributed by atoms with van der Waals surface area (Å²) >= 11 is 0. The second kappa shape index (κ2) is 6.36. The van der Waals surface area contributed by atoms with Gasteiger partial charge < -0.3 is 20.9 Å². The summed E-state index contributed by atoms with van der Waals surface area (Å²) in [5.74, 6) is 1.70. The summed E-state index contributed by atoms with van der Waals surface area (Å²) in [5, 5.41) is 12.7. The summed E-state index contributed by atoms with van der Waals surface area (Å²) < 4.78 is 4.94. The Bertz CT molecular complexity index is 357. The Morgan fingerprint density at radius 2 is 2.18 bits per heavy atom. The van der Waals surface area contributed by atoms with E-state index in [1.807, 2.05) is 13.8 Å². The van der Waals surface area contributed by atoms with Crippen LogP contribution >= 0.6 is 0 Å². The van der Waals surface area contributed by atoms with Crippen LogP contribution in [-0.4, -0.2) is 34.8 Å². The Morgan fingerprint density at radius 3 is 2.76 bits per heavy atom. The number of hydrogen-bond donors (Lipinski definition) is 3. The first kappa shape index (κ1) is 13.7. The first-order valence-corrected chi connectivity index (χ1v) is 5.57. The number of nitrogens with two attached hydrogens (primary N) is 1. The summed E-state index contributed by atoms with van der Waals surface area (Å²) in [5.41, 5.74) is 5.65. The molecule has 17 heavy (non-hydrogen) atoms. The minimum Gasteiger partial charge on any atom is -0.391 e. The zero-order valence-electron chi connectivity index (χ0n) is 10.5. The molecule has 1 aromatic rings. The van der Waals surface area contributed by atoms with Crippen LogP contribution in [0.15, 0.2) is 6.07 Å². The lowest BCUT2D eigenvalue weighted by molar-refractivity contribution is 0.138. The van der Waals surface area contributed by atoms with Crippen LogP contribution in [0, 0.1) is 5.92 Å². The Balaban J connectivity index is 2.64. The minimum absolute atomic E-state index is 0.195. The van der Waals surface area contributed by atoms with Crippen molar-refractivity contribution in [2.75, 3.05) is 24.7 Å². The van der Waals surface area contributed by atoms with E-state index in [1.54, 1.807) is 13.2 Å². The van der Waals surface area contributed by atoms with Gasteiger partial charge in [0.25, 0.3) is 0 Å². The highest BCUT2D eigenvalue weighted by Gasteiger charge is 2.09. The summed E-state index contributed by atoms with van der Waals surface area (Å²) in [7, 11) is 1.57. The summed E-state index contributed by atoms with van der Waals surface area (Å²) in [6, 6.07) is 1.63. The standard InChI is InChI=1S/C11H20N4O2/c1-7(2)8(16)5-13-10-4-9(12)14-11(15-10)6-17-3/h4,7-8,16H,5-6H2,1-3H3,(H3,12,13,14,15). The van der Waals surface area contributed by atoms with Crippen molar-refractivity contribution < 1.29 is 9.84 Å². The second-order valence-corrected chi connectivity index (χ2v) is 4.22. The van der Waals surface area contributed by atoms with Crippen molar-refractivity contribution in [2.45, 2.75) is 26.6 Å². The number of nitrogens with one attached hydrogen (secondary N) is 1. The van der Waals surface area contributed by atoms with E-state index in [1.165, 1.54) is 0 Å². The monoisotopic (exact) mass is 240 g/mol. The second-order valence-electron chi connectivity index (χ2n) is 4.22. The quantitative estimate of drug-likeness (QED) is 0.675. The molecule has 1 rings (SSSR count). The topological polar surface area (TPSA) is 93.3 Å². The molecule has 0 saturated carbocycles. The predicted octanol–water partition coefficient (Wildman–Crippen LogP) is 0.634. The van der Waals surface area contributed by atoms with Gasteiger partial charge in [0.2, 0.25) is 0 Å². The molecular weight excluding hydrogens is 220 g/mol. The fourth-order valence-electron chi connectivity index (χ4n) is 1.25. The third kappa shape index (κ3) is 4.54. The molecule has 0 saturated heterocycles. The van der Waals surface area contributed by atoms with Crippen molar-refractivity contribution in [3.8, 4) is 0 Å². The minimum atomic E-state index is -0.419. The molecule has 0 aliphatic rings. The number of aliphatic hydroxyl groups excluding tert-OH is 1. The van der Waals surface area contributed by atoms with Gasteiger partial charge in [0.05, 0.1) is 6.10 Å². The third-order valence-corrected chi connectivity index (χ3v) is 2.33. The van der Waals surface area contributed by atoms with Gasteiger partial charge in [-0.15, -0.1) is 0 Å². The number of aliphatic hydroxyl groups is 1. The molecule has 0 aliphatic carbocycles. The fraction of sp³-hybridized carbons (Fsp3) is 0.636. The van der Waals surface area contributed by atoms with Gasteiger partial charge in [-0.3, -0.25) is 0 Å². The Hall–Kier alpha value is -1.40. The molecule has 1 heterocycles. The molecule has 0 aliphatic heterocycles. The molecule has 6 heteroatoms. The maximum Gasteiger partial charge on any atom is 0.158 e. The van der Waals surface area contributed by atoms with E-state index < -0.39 is 6.10 Å². The van der Waals surface area contributed by atoms with Crippen molar-refractivity contribution in [1.29, 1.82) is 0 Å². The molecule has 1 atom stereocenters. The lowest BCUT2D eigenvalue weighted by Gasteiger charge is -2.15. The molecule has 0 spiro atoms. The third-order valence-electron chi connectivity index (χ3n) is 2.33. The van der Waals surface area contributed by atoms with Gasteiger partial charge in [-0.1, -0.05) is 13.8 Å². The van der Waals surface area contributed by atoms with E-state index in [-0.39, 0.29) is 5.92 Å². The van der Waals surface area contributed by atoms with E-state index in [0.29, 0.717) is 30.6 Å². The number of nitrogen functional groups attached to an aromatic ring is 1. The van der Waals surface area contributed by atoms with E-state index in [9.17, 15) is 5.11 Å². The molecule has 1 aromatic heterocycles. The molecular formula is C11H20N4O2. The molecule has 0 amide bonds. The van der Waals surface area contributed by atoms with Gasteiger partial charge in [0.1, 0.15) is 18.2 Å². The molecule has 0 radical (unpaired) electrons. The average molecular weight is 240 g/mol. The highest BCUT2D eigenvalue weighted by Crippen LogP contribution is 2.10. The van der Waals surface area contributed by atoms with Crippen LogP contribution in [-0.2, 0) is 11.3 Å². The number of nitrogens with zero attached hydrogens (tertiary/aromatic N) is 2. The average Bonchev–Trinajstić information content (AvgIpc) is 2.25. The normalized spacial score (nSPS) is 12.8. The first-order chi connectivity index (χ1) is 8.02. The number of rotatable bonds is 6. The van der Waals surface area contributed by atoms with Gasteiger partial charge in [-0.05, 0) is 5.92 Å². The molecule has 0 aromatic carbocycles. The summed E-state index contributed by atoms with van der Waals surface area (Å²) in [4.78, 5) is 8.24. The molecule has 0 fully saturated rings. The van der Waals surface area contributed by atoms with Crippen LogP contribution in [0.5, 0.6) is 0 Å². The maximum atomic E-state index is 9.67. The van der Waals surface area contributed by atoms with Gasteiger partial charge in [-0.25, -0.2) is 9.97 Å². The van der Waals surface area contributed by atoms with Crippen LogP contribution in [0.25, 0.3) is 0 Å². The fourth-order valence-corrected chi connectivity index (χ4v) is 1.25. The van der Waals surface area contributed by atoms with Crippen molar-refractivity contribution in [3.05, 3.63) is 11.9 Å². The zero-order chi connectivity index (χ0) is 12.8. The van der Waals surface area contributed by atoms with Crippen molar-refractivity contribution in [1.82, 2.24) is 9.97 Å². The van der Waals surface area contributed by atoms with E-state index >= 15 is 0 Å². The van der Waals surface area contributed by atoms with Crippen LogP contribution in [0.2, 0.25) is 0 Å². The lowest BCUT2D eigenvalue weighted by atomic mass is 10.1. The van der Waals surface area contributed by atoms with Crippen LogP contribution in [0.4, 0.5) is 11.6 Å². The lowest BCUT2D eigenvalue weighted by Crippen LogP contribution is -2.25. The number of hydrogen-bond acceptors (Lipinski definition) is 6. The maximum absolute atomic E-state index is 9.67. The Morgan fingerprint density at radius 1 is 1.47 bits per heavy atom. The van der Waals surface area contributed by atoms with Crippen LogP contribution in [0.3, 0.4) is 0 Å². The highest BCUT2D eigenvalue weighted by molar-refractivity contribution is 5.44. The van der Waals surface area contributed by atoms with Gasteiger partial charge in [0.15, 0.2) is 5.82 Å². The van der Waals surface area contributed by atoms with Crippen molar-refractivity contribution in [2.24, 2.45) is 5.92 Å². The smallest absolute Gasteiger partial charge is 0.158 e. The largest absolute Gasteiger partial charge is 0.391 e. The van der Waals surface area contributed by atoms with Crippen LogP contribution in [0.1, 0.15) is 19.7 Å². The number of aromatic nitrogens is 2. The summed E-state index contributed by atoms with van der Waals surface area (Å²) in [6.45, 7) is 4.65. The van der Waals surface area contributed by atoms with E-state index in [0.717, 1.165) is 0 Å². The van der Waals surface area contributed by atoms with Gasteiger partial charge in [0, 0.05) is 19.7 Å².